The average molecular weight is 370 g/mol. The third-order valence-electron chi connectivity index (χ3n) is 2.05. The fourth-order valence-corrected chi connectivity index (χ4v) is 1.17. The van der Waals surface area contributed by atoms with Gasteiger partial charge in [-0.05, 0) is 0 Å². The van der Waals surface area contributed by atoms with Crippen LogP contribution in [-0.4, -0.2) is 44.9 Å². The second-order valence-electron chi connectivity index (χ2n) is 3.67. The van der Waals surface area contributed by atoms with Gasteiger partial charge < -0.3 is 10.4 Å². The monoisotopic (exact) mass is 369 g/mol. The fourth-order valence-electron chi connectivity index (χ4n) is 1.09. The third-order valence-corrected chi connectivity index (χ3v) is 2.25. The molecule has 1 atom stereocenters. The first-order valence-corrected chi connectivity index (χ1v) is 6.06. The Bertz CT molecular complexity index is 520. The number of nitrogens with zero attached hydrogens (tertiary/aromatic N) is 2. The van der Waals surface area contributed by atoms with Crippen LogP contribution in [-0.2, 0) is 16.0 Å². The van der Waals surface area contributed by atoms with Crippen LogP contribution in [0, 0.1) is 0 Å². The van der Waals surface area contributed by atoms with Crippen LogP contribution in [0.15, 0.2) is 12.4 Å². The molecule has 2 N–H and O–H groups in total. The molecule has 132 valence electrons. The fraction of sp³-hybridized carbons (Fsp3) is 0.500. The molecule has 1 unspecified atom stereocenters. The first-order chi connectivity index (χ1) is 10.5. The molecule has 0 aliphatic heterocycles. The van der Waals surface area contributed by atoms with Gasteiger partial charge in [-0.25, -0.2) is 14.2 Å². The molecule has 6 nitrogen and oxygen atoms in total. The van der Waals surface area contributed by atoms with Gasteiger partial charge in [0.05, 0.1) is 0 Å². The van der Waals surface area contributed by atoms with Gasteiger partial charge in [-0.1, -0.05) is 11.6 Å². The summed E-state index contributed by atoms with van der Waals surface area (Å²) in [6, 6.07) is 0. The van der Waals surface area contributed by atoms with E-state index in [0.29, 0.717) is 4.57 Å². The Morgan fingerprint density at radius 2 is 1.87 bits per heavy atom. The van der Waals surface area contributed by atoms with Crippen molar-refractivity contribution in [2.75, 3.05) is 6.54 Å². The maximum absolute atomic E-state index is 12.3. The predicted octanol–water partition coefficient (Wildman–Crippen LogP) is 2.10. The minimum Gasteiger partial charge on any atom is -0.475 e. The summed E-state index contributed by atoms with van der Waals surface area (Å²) in [5.41, 5.74) is -2.13. The van der Waals surface area contributed by atoms with E-state index < -0.39 is 30.2 Å². The van der Waals surface area contributed by atoms with Crippen molar-refractivity contribution in [3.8, 4) is 0 Å². The van der Waals surface area contributed by atoms with Crippen molar-refractivity contribution in [1.82, 2.24) is 14.9 Å². The van der Waals surface area contributed by atoms with Gasteiger partial charge in [0.1, 0.15) is 5.82 Å². The third kappa shape index (κ3) is 8.28. The summed E-state index contributed by atoms with van der Waals surface area (Å²) in [6.45, 7) is -2.69. The Morgan fingerprint density at radius 3 is 2.26 bits per heavy atom. The molecule has 0 radical (unpaired) electrons. The predicted molar refractivity (Wildman–Crippen MR) is 64.6 cm³/mol. The summed E-state index contributed by atoms with van der Waals surface area (Å²) >= 11 is 4.85. The Labute approximate surface area is 130 Å². The number of rotatable bonds is 5. The zero-order valence-corrected chi connectivity index (χ0v) is 11.8. The number of carboxylic acid groups (broad SMARTS) is 1. The smallest absolute Gasteiger partial charge is 0.475 e. The number of aliphatic carboxylic acids is 1. The molecule has 1 aromatic rings. The van der Waals surface area contributed by atoms with Crippen LogP contribution < -0.4 is 5.32 Å². The van der Waals surface area contributed by atoms with Gasteiger partial charge in [-0.2, -0.15) is 22.0 Å². The van der Waals surface area contributed by atoms with E-state index in [9.17, 15) is 31.1 Å². The zero-order valence-electron chi connectivity index (χ0n) is 11.0. The standard InChI is InChI=1S/C8H9ClF3N3O.C2HF3O2/c9-6(10)7(16)14-2-1-5-13-3-4-15(5)8(11)12;3-2(4,5)1(6)7/h3-4,6,8H,1-2H2,(H,14,16);(H,6,7). The van der Waals surface area contributed by atoms with Crippen LogP contribution in [0.5, 0.6) is 0 Å². The van der Waals surface area contributed by atoms with E-state index in [4.69, 9.17) is 21.5 Å². The molecule has 13 heteroatoms. The minimum atomic E-state index is -5.08. The van der Waals surface area contributed by atoms with Gasteiger partial charge in [0.2, 0.25) is 0 Å². The van der Waals surface area contributed by atoms with Gasteiger partial charge in [-0.3, -0.25) is 9.36 Å². The molecular weight excluding hydrogens is 360 g/mol. The molecular formula is C10H10ClF6N3O3. The van der Waals surface area contributed by atoms with Crippen LogP contribution in [0.3, 0.4) is 0 Å². The lowest BCUT2D eigenvalue weighted by molar-refractivity contribution is -0.192. The summed E-state index contributed by atoms with van der Waals surface area (Å²) in [7, 11) is 0. The molecule has 0 spiro atoms. The highest BCUT2D eigenvalue weighted by Gasteiger charge is 2.38. The van der Waals surface area contributed by atoms with E-state index in [1.165, 1.54) is 6.20 Å². The van der Waals surface area contributed by atoms with Crippen LogP contribution in [0.4, 0.5) is 26.3 Å². The van der Waals surface area contributed by atoms with Gasteiger partial charge in [0.25, 0.3) is 11.5 Å². The Hall–Kier alpha value is -1.98. The SMILES string of the molecule is O=C(NCCc1nccn1C(F)F)C(F)Cl.O=C(O)C(F)(F)F. The van der Waals surface area contributed by atoms with Gasteiger partial charge >= 0.3 is 18.7 Å². The van der Waals surface area contributed by atoms with Crippen LogP contribution >= 0.6 is 11.6 Å². The zero-order chi connectivity index (χ0) is 18.2. The second kappa shape index (κ2) is 9.22. The number of alkyl halides is 7. The van der Waals surface area contributed by atoms with Gasteiger partial charge in [0.15, 0.2) is 0 Å². The molecule has 0 aromatic carbocycles. The van der Waals surface area contributed by atoms with E-state index in [2.05, 4.69) is 10.3 Å². The Morgan fingerprint density at radius 1 is 1.35 bits per heavy atom. The molecule has 0 bridgehead atoms. The number of nitrogens with one attached hydrogen (secondary N) is 1. The molecule has 23 heavy (non-hydrogen) atoms. The van der Waals surface area contributed by atoms with Crippen molar-refractivity contribution >= 4 is 23.5 Å². The summed E-state index contributed by atoms with van der Waals surface area (Å²) in [5.74, 6) is -3.63. The average Bonchev–Trinajstić information content (AvgIpc) is 2.86. The van der Waals surface area contributed by atoms with Crippen molar-refractivity contribution in [2.45, 2.75) is 24.8 Å². The van der Waals surface area contributed by atoms with Gasteiger partial charge in [-0.15, -0.1) is 0 Å². The van der Waals surface area contributed by atoms with Crippen LogP contribution in [0.2, 0.25) is 0 Å². The molecule has 1 aromatic heterocycles. The van der Waals surface area contributed by atoms with E-state index in [-0.39, 0.29) is 18.8 Å². The molecule has 1 heterocycles. The maximum atomic E-state index is 12.3. The van der Waals surface area contributed by atoms with E-state index in [0.717, 1.165) is 6.20 Å². The molecule has 1 rings (SSSR count). The highest BCUT2D eigenvalue weighted by molar-refractivity contribution is 6.29. The first kappa shape index (κ1) is 21.0. The number of carbonyl (C=O) groups is 2. The van der Waals surface area contributed by atoms with Crippen molar-refractivity contribution in [3.05, 3.63) is 18.2 Å². The minimum absolute atomic E-state index is 0.00426. The van der Waals surface area contributed by atoms with Crippen LogP contribution in [0.1, 0.15) is 12.4 Å². The molecule has 0 aliphatic carbocycles. The van der Waals surface area contributed by atoms with Gasteiger partial charge in [0, 0.05) is 25.4 Å². The molecule has 0 saturated heterocycles. The number of hydrogen-bond donors (Lipinski definition) is 2. The Balaban J connectivity index is 0.000000585. The number of imidazole rings is 1. The van der Waals surface area contributed by atoms with Crippen molar-refractivity contribution in [1.29, 1.82) is 0 Å². The van der Waals surface area contributed by atoms with Crippen LogP contribution in [0.25, 0.3) is 0 Å². The summed E-state index contributed by atoms with van der Waals surface area (Å²) in [6.07, 6.45) is -2.66. The normalized spacial score (nSPS) is 12.3. The van der Waals surface area contributed by atoms with Crippen molar-refractivity contribution in [3.63, 3.8) is 0 Å². The number of aromatic nitrogens is 2. The first-order valence-electron chi connectivity index (χ1n) is 5.62. The summed E-state index contributed by atoms with van der Waals surface area (Å²) in [4.78, 5) is 23.3. The molecule has 1 amide bonds. The van der Waals surface area contributed by atoms with Crippen molar-refractivity contribution in [2.24, 2.45) is 0 Å². The molecule has 0 fully saturated rings. The highest BCUT2D eigenvalue weighted by Crippen LogP contribution is 2.13. The maximum Gasteiger partial charge on any atom is 0.490 e. The lowest BCUT2D eigenvalue weighted by Crippen LogP contribution is -2.31. The number of carboxylic acids is 1. The van der Waals surface area contributed by atoms with E-state index >= 15 is 0 Å². The van der Waals surface area contributed by atoms with E-state index in [1.54, 1.807) is 0 Å². The summed E-state index contributed by atoms with van der Waals surface area (Å²) in [5, 5.41) is 9.27. The Kier molecular flexibility index (Phi) is 8.43. The lowest BCUT2D eigenvalue weighted by atomic mass is 10.4. The van der Waals surface area contributed by atoms with Crippen molar-refractivity contribution < 1.29 is 41.0 Å². The topological polar surface area (TPSA) is 84.2 Å². The quantitative estimate of drug-likeness (QED) is 0.615. The second-order valence-corrected chi connectivity index (χ2v) is 4.06. The number of halogens is 7. The molecule has 0 saturated carbocycles. The highest BCUT2D eigenvalue weighted by atomic mass is 35.5. The lowest BCUT2D eigenvalue weighted by Gasteiger charge is -2.07. The molecule has 0 aliphatic rings. The van der Waals surface area contributed by atoms with E-state index in [1.807, 2.05) is 0 Å². The number of amides is 1. The number of hydrogen-bond acceptors (Lipinski definition) is 3. The number of carbonyl (C=O) groups excluding carboxylic acids is 1. The summed E-state index contributed by atoms with van der Waals surface area (Å²) < 4.78 is 69.2. The largest absolute Gasteiger partial charge is 0.490 e.